The van der Waals surface area contributed by atoms with E-state index >= 15 is 0 Å². The number of aromatic nitrogens is 1. The number of likely N-dealkylation sites (N-methyl/N-ethyl adjacent to an activating group) is 1. The van der Waals surface area contributed by atoms with E-state index in [0.29, 0.717) is 24.1 Å². The number of rotatable bonds is 6. The van der Waals surface area contributed by atoms with E-state index in [1.54, 1.807) is 0 Å². The lowest BCUT2D eigenvalue weighted by atomic mass is 9.91. The lowest BCUT2D eigenvalue weighted by Gasteiger charge is -2.30. The first kappa shape index (κ1) is 24.9. The normalized spacial score (nSPS) is 16.7. The van der Waals surface area contributed by atoms with E-state index in [2.05, 4.69) is 43.1 Å². The molecule has 2 aromatic rings. The highest BCUT2D eigenvalue weighted by Crippen LogP contribution is 2.36. The number of nitrogens with one attached hydrogen (secondary N) is 1. The molecule has 34 heavy (non-hydrogen) atoms. The predicted octanol–water partition coefficient (Wildman–Crippen LogP) is 5.65. The van der Waals surface area contributed by atoms with Crippen molar-refractivity contribution in [3.63, 3.8) is 0 Å². The number of anilines is 2. The second-order valence-corrected chi connectivity index (χ2v) is 12.3. The van der Waals surface area contributed by atoms with Crippen molar-refractivity contribution in [1.29, 1.82) is 0 Å². The summed E-state index contributed by atoms with van der Waals surface area (Å²) in [4.78, 5) is 35.4. The summed E-state index contributed by atoms with van der Waals surface area (Å²) in [6.45, 7) is 9.47. The molecule has 7 heteroatoms. The molecule has 1 aromatic carbocycles. The molecule has 1 fully saturated rings. The topological polar surface area (TPSA) is 65.5 Å². The van der Waals surface area contributed by atoms with Crippen molar-refractivity contribution in [2.45, 2.75) is 78.7 Å². The molecule has 0 saturated heterocycles. The number of hydrogen-bond donors (Lipinski definition) is 1. The number of benzene rings is 1. The Balaban J connectivity index is 1.42. The van der Waals surface area contributed by atoms with Gasteiger partial charge in [-0.15, -0.1) is 11.3 Å². The zero-order chi connectivity index (χ0) is 24.5. The molecule has 0 bridgehead atoms. The molecular weight excluding hydrogens is 444 g/mol. The van der Waals surface area contributed by atoms with Crippen molar-refractivity contribution in [3.8, 4) is 11.3 Å². The quantitative estimate of drug-likeness (QED) is 0.578. The van der Waals surface area contributed by atoms with Crippen molar-refractivity contribution in [2.24, 2.45) is 5.41 Å². The van der Waals surface area contributed by atoms with Gasteiger partial charge in [0.25, 0.3) is 0 Å². The van der Waals surface area contributed by atoms with Gasteiger partial charge in [0.15, 0.2) is 5.13 Å². The Bertz CT molecular complexity index is 1050. The van der Waals surface area contributed by atoms with E-state index in [1.165, 1.54) is 49.0 Å². The number of carbonyl (C=O) groups excluding carboxylic acids is 2. The van der Waals surface area contributed by atoms with Crippen LogP contribution in [0.1, 0.15) is 69.7 Å². The average Bonchev–Trinajstić information content (AvgIpc) is 3.35. The minimum Gasteiger partial charge on any atom is -0.312 e. The highest BCUT2D eigenvalue weighted by molar-refractivity contribution is 7.16. The molecule has 2 heterocycles. The molecule has 1 aliphatic heterocycles. The van der Waals surface area contributed by atoms with Crippen molar-refractivity contribution in [3.05, 3.63) is 28.6 Å². The maximum absolute atomic E-state index is 12.8. The van der Waals surface area contributed by atoms with E-state index in [-0.39, 0.29) is 17.2 Å². The van der Waals surface area contributed by atoms with Crippen molar-refractivity contribution in [2.75, 3.05) is 30.4 Å². The standard InChI is InChI=1S/C27H38N4O2S/c1-18-25(29-26(34-18)28-23(32)17-30(5)21-9-7-6-8-10-21)20-11-12-22-19(15-20)13-14-31(22)24(33)16-27(2,3)4/h11-12,15,21H,6-10,13-14,16-17H2,1-5H3,(H,28,29,32). The third kappa shape index (κ3) is 5.87. The lowest BCUT2D eigenvalue weighted by molar-refractivity contribution is -0.120. The summed E-state index contributed by atoms with van der Waals surface area (Å²) in [6.07, 6.45) is 7.59. The minimum absolute atomic E-state index is 0.00432. The second-order valence-electron chi connectivity index (χ2n) is 11.1. The highest BCUT2D eigenvalue weighted by atomic mass is 32.1. The number of amides is 2. The van der Waals surface area contributed by atoms with E-state index in [4.69, 9.17) is 4.98 Å². The summed E-state index contributed by atoms with van der Waals surface area (Å²) >= 11 is 1.52. The van der Waals surface area contributed by atoms with Gasteiger partial charge in [0.1, 0.15) is 0 Å². The number of aryl methyl sites for hydroxylation is 1. The maximum Gasteiger partial charge on any atom is 0.240 e. The molecule has 6 nitrogen and oxygen atoms in total. The van der Waals surface area contributed by atoms with Crippen LogP contribution in [0.5, 0.6) is 0 Å². The van der Waals surface area contributed by atoms with Gasteiger partial charge in [-0.25, -0.2) is 4.98 Å². The van der Waals surface area contributed by atoms with Crippen LogP contribution >= 0.6 is 11.3 Å². The minimum atomic E-state index is -0.0243. The van der Waals surface area contributed by atoms with Gasteiger partial charge in [-0.3, -0.25) is 14.5 Å². The molecule has 1 N–H and O–H groups in total. The van der Waals surface area contributed by atoms with Gasteiger partial charge in [-0.05, 0) is 56.3 Å². The first-order chi connectivity index (χ1) is 16.1. The largest absolute Gasteiger partial charge is 0.312 e. The van der Waals surface area contributed by atoms with Crippen LogP contribution in [-0.4, -0.2) is 47.9 Å². The number of thiazole rings is 1. The van der Waals surface area contributed by atoms with Crippen LogP contribution in [0.15, 0.2) is 18.2 Å². The van der Waals surface area contributed by atoms with Crippen LogP contribution in [0.2, 0.25) is 0 Å². The molecule has 0 unspecified atom stereocenters. The molecule has 0 spiro atoms. The summed E-state index contributed by atoms with van der Waals surface area (Å²) in [6, 6.07) is 6.76. The molecule has 0 radical (unpaired) electrons. The Labute approximate surface area is 207 Å². The first-order valence-corrected chi connectivity index (χ1v) is 13.3. The number of nitrogens with zero attached hydrogens (tertiary/aromatic N) is 3. The molecule has 1 saturated carbocycles. The van der Waals surface area contributed by atoms with Crippen LogP contribution in [0.3, 0.4) is 0 Å². The first-order valence-electron chi connectivity index (χ1n) is 12.5. The number of hydrogen-bond acceptors (Lipinski definition) is 5. The monoisotopic (exact) mass is 482 g/mol. The Morgan fingerprint density at radius 3 is 2.65 bits per heavy atom. The summed E-state index contributed by atoms with van der Waals surface area (Å²) in [5.41, 5.74) is 4.13. The average molecular weight is 483 g/mol. The number of carbonyl (C=O) groups is 2. The highest BCUT2D eigenvalue weighted by Gasteiger charge is 2.28. The van der Waals surface area contributed by atoms with Gasteiger partial charge in [-0.1, -0.05) is 46.1 Å². The lowest BCUT2D eigenvalue weighted by Crippen LogP contribution is -2.39. The maximum atomic E-state index is 12.8. The summed E-state index contributed by atoms with van der Waals surface area (Å²) in [7, 11) is 2.05. The van der Waals surface area contributed by atoms with Crippen molar-refractivity contribution >= 4 is 34.0 Å². The number of fused-ring (bicyclic) bond motifs is 1. The molecule has 2 aliphatic rings. The molecule has 184 valence electrons. The predicted molar refractivity (Wildman–Crippen MR) is 141 cm³/mol. The third-order valence-electron chi connectivity index (χ3n) is 6.87. The van der Waals surface area contributed by atoms with Gasteiger partial charge >= 0.3 is 0 Å². The summed E-state index contributed by atoms with van der Waals surface area (Å²) in [5, 5.41) is 3.66. The summed E-state index contributed by atoms with van der Waals surface area (Å²) in [5.74, 6) is 0.183. The molecule has 1 aliphatic carbocycles. The van der Waals surface area contributed by atoms with E-state index in [9.17, 15) is 9.59 Å². The molecular formula is C27H38N4O2S. The van der Waals surface area contributed by atoms with Crippen molar-refractivity contribution < 1.29 is 9.59 Å². The van der Waals surface area contributed by atoms with Gasteiger partial charge in [0, 0.05) is 35.1 Å². The van der Waals surface area contributed by atoms with Crippen LogP contribution in [0.4, 0.5) is 10.8 Å². The fraction of sp³-hybridized carbons (Fsp3) is 0.593. The van der Waals surface area contributed by atoms with Crippen LogP contribution in [-0.2, 0) is 16.0 Å². The molecule has 2 amide bonds. The van der Waals surface area contributed by atoms with Crippen LogP contribution in [0.25, 0.3) is 11.3 Å². The fourth-order valence-corrected chi connectivity index (χ4v) is 5.96. The van der Waals surface area contributed by atoms with Gasteiger partial charge in [0.2, 0.25) is 11.8 Å². The Morgan fingerprint density at radius 2 is 1.94 bits per heavy atom. The molecule has 0 atom stereocenters. The molecule has 1 aromatic heterocycles. The Hall–Kier alpha value is -2.25. The smallest absolute Gasteiger partial charge is 0.240 e. The van der Waals surface area contributed by atoms with Gasteiger partial charge in [0.05, 0.1) is 12.2 Å². The van der Waals surface area contributed by atoms with Crippen molar-refractivity contribution in [1.82, 2.24) is 9.88 Å². The van der Waals surface area contributed by atoms with E-state index in [0.717, 1.165) is 34.8 Å². The third-order valence-corrected chi connectivity index (χ3v) is 7.75. The Morgan fingerprint density at radius 1 is 1.21 bits per heavy atom. The Kier molecular flexibility index (Phi) is 7.43. The zero-order valence-electron chi connectivity index (χ0n) is 21.2. The van der Waals surface area contributed by atoms with Crippen LogP contribution in [0, 0.1) is 12.3 Å². The van der Waals surface area contributed by atoms with Gasteiger partial charge < -0.3 is 10.2 Å². The van der Waals surface area contributed by atoms with E-state index < -0.39 is 0 Å². The fourth-order valence-electron chi connectivity index (χ4n) is 5.11. The zero-order valence-corrected chi connectivity index (χ0v) is 22.1. The summed E-state index contributed by atoms with van der Waals surface area (Å²) < 4.78 is 0. The SMILES string of the molecule is Cc1sc(NC(=O)CN(C)C2CCCCC2)nc1-c1ccc2c(c1)CCN2C(=O)CC(C)(C)C. The molecule has 4 rings (SSSR count). The van der Waals surface area contributed by atoms with E-state index in [1.807, 2.05) is 24.9 Å². The van der Waals surface area contributed by atoms with Gasteiger partial charge in [-0.2, -0.15) is 0 Å². The second kappa shape index (κ2) is 10.2. The van der Waals surface area contributed by atoms with Crippen LogP contribution < -0.4 is 10.2 Å².